The summed E-state index contributed by atoms with van der Waals surface area (Å²) in [6, 6.07) is 7.52. The number of aliphatic hydroxyl groups is 1. The average Bonchev–Trinajstić information content (AvgIpc) is 3.14. The number of carbonyl (C=O) groups excluding carboxylic acids is 1. The van der Waals surface area contributed by atoms with E-state index < -0.39 is 29.2 Å². The number of amides is 1. The summed E-state index contributed by atoms with van der Waals surface area (Å²) in [6.45, 7) is 1.21. The lowest BCUT2D eigenvalue weighted by Gasteiger charge is -2.15. The standard InChI is InChI=1S/C21H16F2N4O2/c1-11(28)27-17-5-4-16(22)18(19(17)23)20(29)15-10-26-21-14(15)7-13(9-25-21)12-3-2-6-24-8-12/h2-10,20,29H,1H3,(H,25,26)(H,27,28). The Hall–Kier alpha value is -3.65. The van der Waals surface area contributed by atoms with Gasteiger partial charge in [0.25, 0.3) is 0 Å². The van der Waals surface area contributed by atoms with E-state index in [9.17, 15) is 18.7 Å². The van der Waals surface area contributed by atoms with E-state index in [0.29, 0.717) is 11.0 Å². The van der Waals surface area contributed by atoms with Crippen LogP contribution in [0.25, 0.3) is 22.2 Å². The second-order valence-corrected chi connectivity index (χ2v) is 6.51. The number of nitrogens with one attached hydrogen (secondary N) is 2. The van der Waals surface area contributed by atoms with Gasteiger partial charge in [-0.15, -0.1) is 0 Å². The van der Waals surface area contributed by atoms with Crippen molar-refractivity contribution in [1.82, 2.24) is 15.0 Å². The first-order valence-corrected chi connectivity index (χ1v) is 8.76. The van der Waals surface area contributed by atoms with Crippen molar-refractivity contribution in [2.75, 3.05) is 5.32 Å². The second-order valence-electron chi connectivity index (χ2n) is 6.51. The fourth-order valence-corrected chi connectivity index (χ4v) is 3.20. The molecular formula is C21H16F2N4O2. The smallest absolute Gasteiger partial charge is 0.221 e. The lowest BCUT2D eigenvalue weighted by atomic mass is 9.98. The van der Waals surface area contributed by atoms with Gasteiger partial charge in [-0.1, -0.05) is 6.07 Å². The highest BCUT2D eigenvalue weighted by molar-refractivity contribution is 5.89. The summed E-state index contributed by atoms with van der Waals surface area (Å²) in [6.07, 6.45) is 4.81. The van der Waals surface area contributed by atoms with E-state index in [1.807, 2.05) is 6.07 Å². The molecule has 0 bridgehead atoms. The molecule has 8 heteroatoms. The van der Waals surface area contributed by atoms with Gasteiger partial charge in [0, 0.05) is 53.8 Å². The molecule has 0 saturated carbocycles. The number of aromatic nitrogens is 3. The van der Waals surface area contributed by atoms with E-state index >= 15 is 0 Å². The predicted molar refractivity (Wildman–Crippen MR) is 104 cm³/mol. The highest BCUT2D eigenvalue weighted by Crippen LogP contribution is 2.35. The fourth-order valence-electron chi connectivity index (χ4n) is 3.20. The molecule has 0 aliphatic rings. The van der Waals surface area contributed by atoms with Gasteiger partial charge in [0.15, 0.2) is 5.82 Å². The lowest BCUT2D eigenvalue weighted by molar-refractivity contribution is -0.114. The van der Waals surface area contributed by atoms with Gasteiger partial charge in [-0.05, 0) is 24.3 Å². The zero-order valence-electron chi connectivity index (χ0n) is 15.3. The number of aliphatic hydroxyl groups excluding tert-OH is 1. The molecule has 0 aliphatic carbocycles. The number of aromatic amines is 1. The molecule has 1 amide bonds. The number of rotatable bonds is 4. The maximum Gasteiger partial charge on any atom is 0.221 e. The second kappa shape index (κ2) is 7.40. The zero-order chi connectivity index (χ0) is 20.5. The highest BCUT2D eigenvalue weighted by atomic mass is 19.1. The number of benzene rings is 1. The molecule has 1 unspecified atom stereocenters. The Bertz CT molecular complexity index is 1210. The number of hydrogen-bond acceptors (Lipinski definition) is 4. The normalized spacial score (nSPS) is 12.1. The number of nitrogens with zero attached hydrogens (tertiary/aromatic N) is 2. The largest absolute Gasteiger partial charge is 0.383 e. The van der Waals surface area contributed by atoms with Gasteiger partial charge in [0.05, 0.1) is 11.3 Å². The van der Waals surface area contributed by atoms with Crippen molar-refractivity contribution in [3.63, 3.8) is 0 Å². The van der Waals surface area contributed by atoms with Crippen LogP contribution in [0.4, 0.5) is 14.5 Å². The number of hydrogen-bond donors (Lipinski definition) is 3. The number of pyridine rings is 2. The Morgan fingerprint density at radius 3 is 2.76 bits per heavy atom. The topological polar surface area (TPSA) is 90.9 Å². The van der Waals surface area contributed by atoms with Crippen molar-refractivity contribution < 1.29 is 18.7 Å². The molecule has 1 aromatic carbocycles. The summed E-state index contributed by atoms with van der Waals surface area (Å²) in [4.78, 5) is 22.5. The SMILES string of the molecule is CC(=O)Nc1ccc(F)c(C(O)c2c[nH]c3ncc(-c4cccnc4)cc23)c1F. The van der Waals surface area contributed by atoms with Crippen LogP contribution in [-0.2, 0) is 4.79 Å². The number of H-pyrrole nitrogens is 1. The van der Waals surface area contributed by atoms with Gasteiger partial charge >= 0.3 is 0 Å². The molecule has 6 nitrogen and oxygen atoms in total. The minimum absolute atomic E-state index is 0.207. The first kappa shape index (κ1) is 18.7. The Morgan fingerprint density at radius 1 is 1.21 bits per heavy atom. The van der Waals surface area contributed by atoms with E-state index in [1.54, 1.807) is 30.7 Å². The van der Waals surface area contributed by atoms with Gasteiger partial charge in [-0.25, -0.2) is 13.8 Å². The van der Waals surface area contributed by atoms with Crippen LogP contribution >= 0.6 is 0 Å². The summed E-state index contributed by atoms with van der Waals surface area (Å²) in [5, 5.41) is 13.6. The van der Waals surface area contributed by atoms with Crippen molar-refractivity contribution in [3.8, 4) is 11.1 Å². The van der Waals surface area contributed by atoms with E-state index in [4.69, 9.17) is 0 Å². The Labute approximate surface area is 164 Å². The zero-order valence-corrected chi connectivity index (χ0v) is 15.3. The van der Waals surface area contributed by atoms with E-state index in [-0.39, 0.29) is 11.3 Å². The molecule has 0 fully saturated rings. The summed E-state index contributed by atoms with van der Waals surface area (Å²) in [5.74, 6) is -2.46. The summed E-state index contributed by atoms with van der Waals surface area (Å²) in [7, 11) is 0. The van der Waals surface area contributed by atoms with Crippen LogP contribution in [0, 0.1) is 11.6 Å². The highest BCUT2D eigenvalue weighted by Gasteiger charge is 2.25. The van der Waals surface area contributed by atoms with Gasteiger partial charge in [-0.3, -0.25) is 9.78 Å². The van der Waals surface area contributed by atoms with Gasteiger partial charge in [0.1, 0.15) is 17.6 Å². The van der Waals surface area contributed by atoms with Crippen LogP contribution in [0.3, 0.4) is 0 Å². The van der Waals surface area contributed by atoms with Crippen molar-refractivity contribution in [2.24, 2.45) is 0 Å². The van der Waals surface area contributed by atoms with Crippen LogP contribution < -0.4 is 5.32 Å². The Kier molecular flexibility index (Phi) is 4.77. The van der Waals surface area contributed by atoms with E-state index in [1.165, 1.54) is 13.1 Å². The maximum atomic E-state index is 14.8. The Morgan fingerprint density at radius 2 is 2.03 bits per heavy atom. The molecular weight excluding hydrogens is 378 g/mol. The monoisotopic (exact) mass is 394 g/mol. The van der Waals surface area contributed by atoms with Crippen LogP contribution in [0.1, 0.15) is 24.2 Å². The molecule has 0 radical (unpaired) electrons. The third kappa shape index (κ3) is 3.45. The van der Waals surface area contributed by atoms with Crippen LogP contribution in [-0.4, -0.2) is 26.0 Å². The van der Waals surface area contributed by atoms with Crippen molar-refractivity contribution in [3.05, 3.63) is 77.9 Å². The van der Waals surface area contributed by atoms with Crippen molar-refractivity contribution >= 4 is 22.6 Å². The number of anilines is 1. The molecule has 3 N–H and O–H groups in total. The lowest BCUT2D eigenvalue weighted by Crippen LogP contribution is -2.12. The van der Waals surface area contributed by atoms with E-state index in [0.717, 1.165) is 23.3 Å². The predicted octanol–water partition coefficient (Wildman–Crippen LogP) is 3.94. The summed E-state index contributed by atoms with van der Waals surface area (Å²) < 4.78 is 29.2. The van der Waals surface area contributed by atoms with Crippen molar-refractivity contribution in [1.29, 1.82) is 0 Å². The summed E-state index contributed by atoms with van der Waals surface area (Å²) >= 11 is 0. The van der Waals surface area contributed by atoms with Crippen LogP contribution in [0.5, 0.6) is 0 Å². The van der Waals surface area contributed by atoms with Crippen LogP contribution in [0.15, 0.2) is 55.1 Å². The average molecular weight is 394 g/mol. The minimum Gasteiger partial charge on any atom is -0.383 e. The van der Waals surface area contributed by atoms with Gasteiger partial charge in [0.2, 0.25) is 5.91 Å². The molecule has 0 aliphatic heterocycles. The molecule has 4 aromatic rings. The molecule has 146 valence electrons. The quantitative estimate of drug-likeness (QED) is 0.489. The number of halogens is 2. The number of carbonyl (C=O) groups is 1. The molecule has 0 spiro atoms. The molecule has 3 heterocycles. The van der Waals surface area contributed by atoms with Gasteiger partial charge in [-0.2, -0.15) is 0 Å². The Balaban J connectivity index is 1.82. The molecule has 1 atom stereocenters. The number of fused-ring (bicyclic) bond motifs is 1. The first-order chi connectivity index (χ1) is 14.0. The molecule has 4 rings (SSSR count). The fraction of sp³-hybridized carbons (Fsp3) is 0.0952. The summed E-state index contributed by atoms with van der Waals surface area (Å²) in [5.41, 5.74) is 1.52. The molecule has 29 heavy (non-hydrogen) atoms. The first-order valence-electron chi connectivity index (χ1n) is 8.76. The van der Waals surface area contributed by atoms with Crippen LogP contribution in [0.2, 0.25) is 0 Å². The maximum absolute atomic E-state index is 14.8. The minimum atomic E-state index is -1.61. The molecule has 3 aromatic heterocycles. The van der Waals surface area contributed by atoms with Gasteiger partial charge < -0.3 is 15.4 Å². The third-order valence-electron chi connectivity index (χ3n) is 4.56. The molecule has 0 saturated heterocycles. The van der Waals surface area contributed by atoms with E-state index in [2.05, 4.69) is 20.3 Å². The third-order valence-corrected chi connectivity index (χ3v) is 4.56. The van der Waals surface area contributed by atoms with Crippen molar-refractivity contribution in [2.45, 2.75) is 13.0 Å².